The van der Waals surface area contributed by atoms with Crippen LogP contribution in [0.25, 0.3) is 0 Å². The van der Waals surface area contributed by atoms with Crippen LogP contribution in [0.4, 0.5) is 0 Å². The molecular weight excluding hydrogens is 194 g/mol. The fourth-order valence-electron chi connectivity index (χ4n) is 2.47. The van der Waals surface area contributed by atoms with Crippen LogP contribution in [0, 0.1) is 0 Å². The van der Waals surface area contributed by atoms with Crippen molar-refractivity contribution in [1.29, 1.82) is 0 Å². The standard InChI is InChI=1S/C11H19NO3/c1-9(13)12(2)10-3-5-11(6-4-10)14-7-8-15-11/h10H,3-8H2,1-2H3. The molecule has 0 radical (unpaired) electrons. The van der Waals surface area contributed by atoms with Gasteiger partial charge in [-0.2, -0.15) is 0 Å². The van der Waals surface area contributed by atoms with Gasteiger partial charge in [0.25, 0.3) is 0 Å². The number of nitrogens with zero attached hydrogens (tertiary/aromatic N) is 1. The molecule has 1 aliphatic heterocycles. The van der Waals surface area contributed by atoms with E-state index in [1.807, 2.05) is 11.9 Å². The van der Waals surface area contributed by atoms with Crippen LogP contribution >= 0.6 is 0 Å². The van der Waals surface area contributed by atoms with Gasteiger partial charge in [0.15, 0.2) is 5.79 Å². The van der Waals surface area contributed by atoms with Crippen molar-refractivity contribution in [2.75, 3.05) is 20.3 Å². The number of rotatable bonds is 1. The van der Waals surface area contributed by atoms with Crippen molar-refractivity contribution in [2.24, 2.45) is 0 Å². The lowest BCUT2D eigenvalue weighted by Crippen LogP contribution is -2.44. The van der Waals surface area contributed by atoms with Crippen LogP contribution in [-0.4, -0.2) is 42.9 Å². The van der Waals surface area contributed by atoms with Gasteiger partial charge in [-0.1, -0.05) is 0 Å². The molecule has 2 rings (SSSR count). The second-order valence-electron chi connectivity index (χ2n) is 4.47. The first-order chi connectivity index (χ1) is 7.13. The third-order valence-corrected chi connectivity index (χ3v) is 3.57. The van der Waals surface area contributed by atoms with Gasteiger partial charge < -0.3 is 14.4 Å². The normalized spacial score (nSPS) is 25.7. The highest BCUT2D eigenvalue weighted by Crippen LogP contribution is 2.36. The first kappa shape index (κ1) is 10.9. The predicted octanol–water partition coefficient (Wildman–Crippen LogP) is 1.15. The Hall–Kier alpha value is -0.610. The zero-order chi connectivity index (χ0) is 10.9. The minimum absolute atomic E-state index is 0.143. The third-order valence-electron chi connectivity index (χ3n) is 3.57. The van der Waals surface area contributed by atoms with Crippen molar-refractivity contribution in [3.05, 3.63) is 0 Å². The molecule has 86 valence electrons. The number of hydrogen-bond acceptors (Lipinski definition) is 3. The largest absolute Gasteiger partial charge is 0.348 e. The summed E-state index contributed by atoms with van der Waals surface area (Å²) in [6, 6.07) is 0.362. The van der Waals surface area contributed by atoms with Gasteiger partial charge in [0.2, 0.25) is 5.91 Å². The van der Waals surface area contributed by atoms with E-state index in [1.54, 1.807) is 6.92 Å². The smallest absolute Gasteiger partial charge is 0.219 e. The molecular formula is C11H19NO3. The van der Waals surface area contributed by atoms with E-state index in [1.165, 1.54) is 0 Å². The summed E-state index contributed by atoms with van der Waals surface area (Å²) in [6.45, 7) is 3.05. The summed E-state index contributed by atoms with van der Waals surface area (Å²) in [5.74, 6) is -0.169. The van der Waals surface area contributed by atoms with E-state index in [-0.39, 0.29) is 11.7 Å². The van der Waals surface area contributed by atoms with Gasteiger partial charge in [0.1, 0.15) is 0 Å². The summed E-state index contributed by atoms with van der Waals surface area (Å²) in [5.41, 5.74) is 0. The SMILES string of the molecule is CC(=O)N(C)C1CCC2(CC1)OCCO2. The van der Waals surface area contributed by atoms with Crippen molar-refractivity contribution < 1.29 is 14.3 Å². The average Bonchev–Trinajstić information content (AvgIpc) is 2.67. The molecule has 1 heterocycles. The molecule has 1 aliphatic carbocycles. The molecule has 2 aliphatic rings. The Morgan fingerprint density at radius 1 is 1.27 bits per heavy atom. The molecule has 15 heavy (non-hydrogen) atoms. The van der Waals surface area contributed by atoms with E-state index in [0.29, 0.717) is 19.3 Å². The first-order valence-electron chi connectivity index (χ1n) is 5.64. The van der Waals surface area contributed by atoms with Gasteiger partial charge in [0, 0.05) is 32.9 Å². The molecule has 0 aromatic rings. The Morgan fingerprint density at radius 2 is 1.80 bits per heavy atom. The van der Waals surface area contributed by atoms with E-state index in [2.05, 4.69) is 0 Å². The quantitative estimate of drug-likeness (QED) is 0.656. The molecule has 4 heteroatoms. The van der Waals surface area contributed by atoms with Gasteiger partial charge in [-0.15, -0.1) is 0 Å². The summed E-state index contributed by atoms with van der Waals surface area (Å²) in [6.07, 6.45) is 3.79. The summed E-state index contributed by atoms with van der Waals surface area (Å²) >= 11 is 0. The average molecular weight is 213 g/mol. The summed E-state index contributed by atoms with van der Waals surface area (Å²) in [4.78, 5) is 13.1. The highest BCUT2D eigenvalue weighted by molar-refractivity contribution is 5.73. The minimum Gasteiger partial charge on any atom is -0.348 e. The van der Waals surface area contributed by atoms with Crippen molar-refractivity contribution in [3.63, 3.8) is 0 Å². The summed E-state index contributed by atoms with van der Waals surface area (Å²) in [5, 5.41) is 0. The van der Waals surface area contributed by atoms with Crippen molar-refractivity contribution in [1.82, 2.24) is 4.90 Å². The Kier molecular flexibility index (Phi) is 2.98. The number of amides is 1. The monoisotopic (exact) mass is 213 g/mol. The number of carbonyl (C=O) groups is 1. The molecule has 0 atom stereocenters. The highest BCUT2D eigenvalue weighted by Gasteiger charge is 2.41. The Balaban J connectivity index is 1.89. The molecule has 0 N–H and O–H groups in total. The maximum atomic E-state index is 11.2. The molecule has 0 bridgehead atoms. The summed E-state index contributed by atoms with van der Waals surface area (Å²) in [7, 11) is 1.88. The Morgan fingerprint density at radius 3 is 2.27 bits per heavy atom. The zero-order valence-electron chi connectivity index (χ0n) is 9.49. The van der Waals surface area contributed by atoms with Crippen LogP contribution in [0.1, 0.15) is 32.6 Å². The topological polar surface area (TPSA) is 38.8 Å². The van der Waals surface area contributed by atoms with Crippen molar-refractivity contribution >= 4 is 5.91 Å². The van der Waals surface area contributed by atoms with E-state index in [4.69, 9.17) is 9.47 Å². The Bertz CT molecular complexity index is 238. The second kappa shape index (κ2) is 4.10. The molecule has 1 saturated carbocycles. The molecule has 0 aromatic heterocycles. The lowest BCUT2D eigenvalue weighted by Gasteiger charge is -2.38. The van der Waals surface area contributed by atoms with Crippen LogP contribution in [0.15, 0.2) is 0 Å². The van der Waals surface area contributed by atoms with Crippen LogP contribution in [0.2, 0.25) is 0 Å². The van der Waals surface area contributed by atoms with E-state index in [0.717, 1.165) is 25.7 Å². The third kappa shape index (κ3) is 2.16. The van der Waals surface area contributed by atoms with Gasteiger partial charge in [0.05, 0.1) is 13.2 Å². The van der Waals surface area contributed by atoms with Crippen LogP contribution in [0.5, 0.6) is 0 Å². The molecule has 1 saturated heterocycles. The molecule has 1 spiro atoms. The van der Waals surface area contributed by atoms with E-state index < -0.39 is 0 Å². The Labute approximate surface area is 90.5 Å². The molecule has 1 amide bonds. The van der Waals surface area contributed by atoms with E-state index in [9.17, 15) is 4.79 Å². The fraction of sp³-hybridized carbons (Fsp3) is 0.909. The summed E-state index contributed by atoms with van der Waals surface area (Å²) < 4.78 is 11.3. The number of hydrogen-bond donors (Lipinski definition) is 0. The first-order valence-corrected chi connectivity index (χ1v) is 5.64. The second-order valence-corrected chi connectivity index (χ2v) is 4.47. The maximum Gasteiger partial charge on any atom is 0.219 e. The molecule has 4 nitrogen and oxygen atoms in total. The van der Waals surface area contributed by atoms with Crippen LogP contribution in [-0.2, 0) is 14.3 Å². The number of ether oxygens (including phenoxy) is 2. The van der Waals surface area contributed by atoms with Crippen molar-refractivity contribution in [2.45, 2.75) is 44.4 Å². The van der Waals surface area contributed by atoms with Gasteiger partial charge in [-0.05, 0) is 12.8 Å². The predicted molar refractivity (Wildman–Crippen MR) is 55.3 cm³/mol. The molecule has 0 unspecified atom stereocenters. The lowest BCUT2D eigenvalue weighted by atomic mass is 9.89. The lowest BCUT2D eigenvalue weighted by molar-refractivity contribution is -0.184. The molecule has 0 aromatic carbocycles. The zero-order valence-corrected chi connectivity index (χ0v) is 9.49. The van der Waals surface area contributed by atoms with Crippen molar-refractivity contribution in [3.8, 4) is 0 Å². The molecule has 2 fully saturated rings. The van der Waals surface area contributed by atoms with Crippen LogP contribution in [0.3, 0.4) is 0 Å². The van der Waals surface area contributed by atoms with Gasteiger partial charge >= 0.3 is 0 Å². The van der Waals surface area contributed by atoms with Gasteiger partial charge in [-0.25, -0.2) is 0 Å². The highest BCUT2D eigenvalue weighted by atomic mass is 16.7. The number of carbonyl (C=O) groups excluding carboxylic acids is 1. The minimum atomic E-state index is -0.311. The fourth-order valence-corrected chi connectivity index (χ4v) is 2.47. The maximum absolute atomic E-state index is 11.2. The van der Waals surface area contributed by atoms with Crippen LogP contribution < -0.4 is 0 Å². The van der Waals surface area contributed by atoms with E-state index >= 15 is 0 Å². The van der Waals surface area contributed by atoms with Gasteiger partial charge in [-0.3, -0.25) is 4.79 Å².